The molecule has 34 heavy (non-hydrogen) atoms. The Morgan fingerprint density at radius 2 is 1.82 bits per heavy atom. The van der Waals surface area contributed by atoms with Crippen LogP contribution >= 0.6 is 0 Å². The van der Waals surface area contributed by atoms with Crippen molar-refractivity contribution < 1.29 is 9.53 Å². The Bertz CT molecular complexity index is 1160. The third kappa shape index (κ3) is 4.46. The van der Waals surface area contributed by atoms with Crippen LogP contribution in [0.15, 0.2) is 36.7 Å². The standard InChI is InChI=1S/C26H34N6O2/c1-17(2)31-9-11-32(12-10-31)21-7-5-19(6-8-21)22-14-23-25(30(4)16-28-23)26(29-22)34-18(3)20-13-24(33)27-15-20/h5-8,14,16-18,20H,9-13,15H2,1-4H3,(H,27,33)/t18-,20-/m1/s1. The second kappa shape index (κ2) is 9.25. The highest BCUT2D eigenvalue weighted by Gasteiger charge is 2.29. The van der Waals surface area contributed by atoms with E-state index in [0.717, 1.165) is 48.5 Å². The lowest BCUT2D eigenvalue weighted by atomic mass is 10.0. The molecule has 0 bridgehead atoms. The van der Waals surface area contributed by atoms with Gasteiger partial charge in [0, 0.05) is 69.4 Å². The number of hydrogen-bond acceptors (Lipinski definition) is 6. The van der Waals surface area contributed by atoms with Gasteiger partial charge in [-0.1, -0.05) is 12.1 Å². The number of imidazole rings is 1. The first-order valence-electron chi connectivity index (χ1n) is 12.2. The molecule has 2 fully saturated rings. The summed E-state index contributed by atoms with van der Waals surface area (Å²) in [6.45, 7) is 11.5. The summed E-state index contributed by atoms with van der Waals surface area (Å²) in [5.41, 5.74) is 4.84. The molecule has 3 aromatic rings. The van der Waals surface area contributed by atoms with Crippen LogP contribution in [0.1, 0.15) is 27.2 Å². The number of nitrogens with zero attached hydrogens (tertiary/aromatic N) is 5. The molecule has 2 aromatic heterocycles. The molecule has 0 unspecified atom stereocenters. The monoisotopic (exact) mass is 462 g/mol. The van der Waals surface area contributed by atoms with Gasteiger partial charge in [0.25, 0.3) is 0 Å². The highest BCUT2D eigenvalue weighted by molar-refractivity contribution is 5.85. The highest BCUT2D eigenvalue weighted by Crippen LogP contribution is 2.31. The van der Waals surface area contributed by atoms with E-state index in [9.17, 15) is 4.79 Å². The number of rotatable bonds is 6. The van der Waals surface area contributed by atoms with E-state index in [0.29, 0.717) is 24.9 Å². The molecule has 180 valence electrons. The van der Waals surface area contributed by atoms with Crippen LogP contribution in [0.2, 0.25) is 0 Å². The molecule has 0 aliphatic carbocycles. The van der Waals surface area contributed by atoms with Crippen LogP contribution in [0, 0.1) is 5.92 Å². The molecule has 1 amide bonds. The van der Waals surface area contributed by atoms with E-state index in [-0.39, 0.29) is 17.9 Å². The van der Waals surface area contributed by atoms with E-state index >= 15 is 0 Å². The zero-order valence-corrected chi connectivity index (χ0v) is 20.5. The van der Waals surface area contributed by atoms with Gasteiger partial charge in [0.15, 0.2) is 0 Å². The Hall–Kier alpha value is -3.13. The zero-order chi connectivity index (χ0) is 23.8. The van der Waals surface area contributed by atoms with Gasteiger partial charge < -0.3 is 19.5 Å². The van der Waals surface area contributed by atoms with Crippen molar-refractivity contribution in [1.29, 1.82) is 0 Å². The van der Waals surface area contributed by atoms with Gasteiger partial charge in [-0.05, 0) is 39.0 Å². The number of ether oxygens (including phenoxy) is 1. The van der Waals surface area contributed by atoms with Gasteiger partial charge in [0.2, 0.25) is 11.8 Å². The van der Waals surface area contributed by atoms with Gasteiger partial charge in [-0.25, -0.2) is 9.97 Å². The third-order valence-electron chi connectivity index (χ3n) is 7.21. The van der Waals surface area contributed by atoms with Crippen LogP contribution in [0.4, 0.5) is 5.69 Å². The SMILES string of the molecule is CC(C)N1CCN(c2ccc(-c3cc4ncn(C)c4c(O[C@H](C)[C@H]4CNC(=O)C4)n3)cc2)CC1. The first-order chi connectivity index (χ1) is 16.4. The summed E-state index contributed by atoms with van der Waals surface area (Å²) < 4.78 is 8.27. The number of pyridine rings is 1. The molecule has 1 aromatic carbocycles. The van der Waals surface area contributed by atoms with Crippen LogP contribution in [0.5, 0.6) is 5.88 Å². The lowest BCUT2D eigenvalue weighted by Crippen LogP contribution is -2.48. The molecule has 0 radical (unpaired) electrons. The fourth-order valence-electron chi connectivity index (χ4n) is 4.94. The van der Waals surface area contributed by atoms with E-state index in [1.54, 1.807) is 6.33 Å². The first kappa shape index (κ1) is 22.7. The number of anilines is 1. The smallest absolute Gasteiger partial charge is 0.241 e. The number of nitrogens with one attached hydrogen (secondary N) is 1. The van der Waals surface area contributed by atoms with Crippen molar-refractivity contribution in [3.05, 3.63) is 36.7 Å². The average molecular weight is 463 g/mol. The van der Waals surface area contributed by atoms with Gasteiger partial charge in [0.05, 0.1) is 17.5 Å². The molecule has 0 spiro atoms. The van der Waals surface area contributed by atoms with E-state index in [1.165, 1.54) is 5.69 Å². The highest BCUT2D eigenvalue weighted by atomic mass is 16.5. The minimum atomic E-state index is -0.133. The summed E-state index contributed by atoms with van der Waals surface area (Å²) in [4.78, 5) is 26.1. The van der Waals surface area contributed by atoms with Crippen LogP contribution in [-0.4, -0.2) is 70.2 Å². The molecule has 8 heteroatoms. The molecule has 4 heterocycles. The molecule has 2 aliphatic heterocycles. The van der Waals surface area contributed by atoms with Crippen molar-refractivity contribution >= 4 is 22.6 Å². The lowest BCUT2D eigenvalue weighted by molar-refractivity contribution is -0.119. The number of benzene rings is 1. The normalized spacial score (nSPS) is 20.2. The third-order valence-corrected chi connectivity index (χ3v) is 7.21. The number of carbonyl (C=O) groups is 1. The lowest BCUT2D eigenvalue weighted by Gasteiger charge is -2.38. The fraction of sp³-hybridized carbons (Fsp3) is 0.500. The van der Waals surface area contributed by atoms with E-state index in [1.807, 2.05) is 24.6 Å². The maximum atomic E-state index is 11.7. The van der Waals surface area contributed by atoms with Gasteiger partial charge in [-0.2, -0.15) is 0 Å². The zero-order valence-electron chi connectivity index (χ0n) is 20.5. The summed E-state index contributed by atoms with van der Waals surface area (Å²) >= 11 is 0. The average Bonchev–Trinajstić information content (AvgIpc) is 3.45. The van der Waals surface area contributed by atoms with Gasteiger partial charge in [0.1, 0.15) is 11.6 Å². The number of amides is 1. The number of aromatic nitrogens is 3. The van der Waals surface area contributed by atoms with Crippen LogP contribution in [-0.2, 0) is 11.8 Å². The summed E-state index contributed by atoms with van der Waals surface area (Å²) in [5, 5.41) is 2.89. The van der Waals surface area contributed by atoms with Crippen LogP contribution in [0.3, 0.4) is 0 Å². The second-order valence-electron chi connectivity index (χ2n) is 9.79. The predicted octanol–water partition coefficient (Wildman–Crippen LogP) is 3.07. The topological polar surface area (TPSA) is 75.5 Å². The molecule has 8 nitrogen and oxygen atoms in total. The molecule has 2 atom stereocenters. The number of carbonyl (C=O) groups excluding carboxylic acids is 1. The Labute approximate surface area is 200 Å². The molecule has 0 saturated carbocycles. The van der Waals surface area contributed by atoms with E-state index in [4.69, 9.17) is 9.72 Å². The summed E-state index contributed by atoms with van der Waals surface area (Å²) in [6, 6.07) is 11.3. The van der Waals surface area contributed by atoms with Gasteiger partial charge >= 0.3 is 0 Å². The maximum Gasteiger partial charge on any atom is 0.241 e. The largest absolute Gasteiger partial charge is 0.473 e. The van der Waals surface area contributed by atoms with Crippen molar-refractivity contribution in [2.45, 2.75) is 39.3 Å². The Morgan fingerprint density at radius 1 is 1.09 bits per heavy atom. The van der Waals surface area contributed by atoms with Gasteiger partial charge in [-0.3, -0.25) is 9.69 Å². The van der Waals surface area contributed by atoms with E-state index < -0.39 is 0 Å². The van der Waals surface area contributed by atoms with Crippen LogP contribution in [0.25, 0.3) is 22.3 Å². The van der Waals surface area contributed by atoms with Crippen molar-refractivity contribution in [2.75, 3.05) is 37.6 Å². The summed E-state index contributed by atoms with van der Waals surface area (Å²) in [6.07, 6.45) is 2.14. The summed E-state index contributed by atoms with van der Waals surface area (Å²) in [5.74, 6) is 0.781. The minimum Gasteiger partial charge on any atom is -0.473 e. The Kier molecular flexibility index (Phi) is 6.16. The Balaban J connectivity index is 1.38. The maximum absolute atomic E-state index is 11.7. The minimum absolute atomic E-state index is 0.0820. The molecule has 2 aliphatic rings. The van der Waals surface area contributed by atoms with E-state index in [2.05, 4.69) is 58.2 Å². The van der Waals surface area contributed by atoms with Crippen molar-refractivity contribution in [1.82, 2.24) is 24.8 Å². The predicted molar refractivity (Wildman–Crippen MR) is 134 cm³/mol. The second-order valence-corrected chi connectivity index (χ2v) is 9.79. The number of piperazine rings is 1. The first-order valence-corrected chi connectivity index (χ1v) is 12.2. The van der Waals surface area contributed by atoms with Crippen molar-refractivity contribution in [3.63, 3.8) is 0 Å². The molecule has 5 rings (SSSR count). The Morgan fingerprint density at radius 3 is 2.47 bits per heavy atom. The molecular formula is C26H34N6O2. The quantitative estimate of drug-likeness (QED) is 0.607. The fourth-order valence-corrected chi connectivity index (χ4v) is 4.94. The number of hydrogen-bond donors (Lipinski definition) is 1. The van der Waals surface area contributed by atoms with Gasteiger partial charge in [-0.15, -0.1) is 0 Å². The summed E-state index contributed by atoms with van der Waals surface area (Å²) in [7, 11) is 1.95. The number of fused-ring (bicyclic) bond motifs is 1. The molecular weight excluding hydrogens is 428 g/mol. The number of aryl methyl sites for hydroxylation is 1. The van der Waals surface area contributed by atoms with Crippen molar-refractivity contribution in [2.24, 2.45) is 13.0 Å². The van der Waals surface area contributed by atoms with Crippen LogP contribution < -0.4 is 15.0 Å². The molecule has 2 saturated heterocycles. The van der Waals surface area contributed by atoms with Crippen molar-refractivity contribution in [3.8, 4) is 17.1 Å². The molecule has 1 N–H and O–H groups in total.